The molecule has 24 heavy (non-hydrogen) atoms. The van der Waals surface area contributed by atoms with Crippen molar-refractivity contribution in [1.29, 1.82) is 0 Å². The Hall–Kier alpha value is -1.73. The zero-order valence-corrected chi connectivity index (χ0v) is 15.9. The van der Waals surface area contributed by atoms with Crippen LogP contribution in [0.5, 0.6) is 0 Å². The molecule has 0 aromatic heterocycles. The van der Waals surface area contributed by atoms with Crippen molar-refractivity contribution in [3.8, 4) is 0 Å². The van der Waals surface area contributed by atoms with E-state index in [1.165, 1.54) is 12.3 Å². The van der Waals surface area contributed by atoms with E-state index in [0.717, 1.165) is 11.6 Å². The fourth-order valence-electron chi connectivity index (χ4n) is 2.58. The maximum absolute atomic E-state index is 12.2. The van der Waals surface area contributed by atoms with E-state index in [2.05, 4.69) is 24.6 Å². The first-order valence-corrected chi connectivity index (χ1v) is 12.0. The Kier molecular flexibility index (Phi) is 6.12. The zero-order valence-electron chi connectivity index (χ0n) is 14.9. The first-order chi connectivity index (χ1) is 11.3. The number of rotatable bonds is 8. The summed E-state index contributed by atoms with van der Waals surface area (Å²) in [5, 5.41) is 0. The summed E-state index contributed by atoms with van der Waals surface area (Å²) in [6, 6.07) is 1.09. The summed E-state index contributed by atoms with van der Waals surface area (Å²) in [4.78, 5) is 30.2. The quantitative estimate of drug-likeness (QED) is 0.382. The van der Waals surface area contributed by atoms with Crippen molar-refractivity contribution < 1.29 is 19.1 Å². The van der Waals surface area contributed by atoms with Gasteiger partial charge < -0.3 is 14.4 Å². The number of hydrogen-bond acceptors (Lipinski definition) is 6. The Bertz CT molecular complexity index is 602. The van der Waals surface area contributed by atoms with Gasteiger partial charge in [0.2, 0.25) is 0 Å². The molecule has 2 heterocycles. The van der Waals surface area contributed by atoms with Crippen LogP contribution in [0, 0.1) is 0 Å². The van der Waals surface area contributed by atoms with E-state index in [1.807, 2.05) is 4.90 Å². The molecular weight excluding hydrogens is 324 g/mol. The molecule has 7 heteroatoms. The topological polar surface area (TPSA) is 68.2 Å². The fourth-order valence-corrected chi connectivity index (χ4v) is 3.34. The third kappa shape index (κ3) is 4.88. The number of carbonyl (C=O) groups is 2. The van der Waals surface area contributed by atoms with E-state index in [9.17, 15) is 9.59 Å². The van der Waals surface area contributed by atoms with Crippen molar-refractivity contribution in [1.82, 2.24) is 4.90 Å². The molecule has 0 amide bonds. The molecular formula is C17H26N2O4Si. The Morgan fingerprint density at radius 1 is 1.38 bits per heavy atom. The van der Waals surface area contributed by atoms with Gasteiger partial charge in [-0.05, 0) is 18.5 Å². The summed E-state index contributed by atoms with van der Waals surface area (Å²) in [6.45, 7) is 10.6. The molecule has 0 fully saturated rings. The number of fused-ring (bicyclic) bond motifs is 1. The normalized spacial score (nSPS) is 17.2. The van der Waals surface area contributed by atoms with Crippen LogP contribution in [0.2, 0.25) is 25.7 Å². The molecule has 0 saturated heterocycles. The largest absolute Gasteiger partial charge is 0.466 e. The van der Waals surface area contributed by atoms with Gasteiger partial charge in [0.25, 0.3) is 0 Å². The van der Waals surface area contributed by atoms with Gasteiger partial charge in [-0.2, -0.15) is 0 Å². The van der Waals surface area contributed by atoms with Gasteiger partial charge in [0.05, 0.1) is 18.6 Å². The molecule has 0 bridgehead atoms. The number of hydrogen-bond donors (Lipinski definition) is 0. The maximum Gasteiger partial charge on any atom is 0.310 e. The number of esters is 1. The third-order valence-corrected chi connectivity index (χ3v) is 5.54. The van der Waals surface area contributed by atoms with E-state index in [-0.39, 0.29) is 18.2 Å². The first-order valence-electron chi connectivity index (χ1n) is 8.31. The van der Waals surface area contributed by atoms with Crippen molar-refractivity contribution >= 4 is 25.7 Å². The number of amidine groups is 1. The molecule has 0 aromatic carbocycles. The average molecular weight is 350 g/mol. The predicted molar refractivity (Wildman–Crippen MR) is 95.5 cm³/mol. The molecule has 132 valence electrons. The van der Waals surface area contributed by atoms with Crippen LogP contribution in [0.25, 0.3) is 0 Å². The lowest BCUT2D eigenvalue weighted by Gasteiger charge is -2.22. The van der Waals surface area contributed by atoms with Crippen LogP contribution < -0.4 is 0 Å². The second-order valence-electron chi connectivity index (χ2n) is 7.14. The van der Waals surface area contributed by atoms with Crippen molar-refractivity contribution in [2.24, 2.45) is 4.99 Å². The lowest BCUT2D eigenvalue weighted by atomic mass is 10.0. The van der Waals surface area contributed by atoms with Crippen LogP contribution in [-0.4, -0.2) is 57.1 Å². The predicted octanol–water partition coefficient (Wildman–Crippen LogP) is 2.36. The van der Waals surface area contributed by atoms with Gasteiger partial charge >= 0.3 is 5.97 Å². The standard InChI is InChI=1S/C17H26N2O4Si/c1-5-23-15(21)10-13-11-19(12-22-8-9-24(2,3)4)17-16(13)14(20)6-7-18-17/h6-7H,5,8-12H2,1-4H3. The highest BCUT2D eigenvalue weighted by atomic mass is 28.3. The Morgan fingerprint density at radius 3 is 2.79 bits per heavy atom. The van der Waals surface area contributed by atoms with E-state index in [1.54, 1.807) is 6.92 Å². The molecule has 2 aliphatic rings. The van der Waals surface area contributed by atoms with Gasteiger partial charge in [0, 0.05) is 33.5 Å². The molecule has 0 aromatic rings. The van der Waals surface area contributed by atoms with Gasteiger partial charge in [-0.15, -0.1) is 0 Å². The van der Waals surface area contributed by atoms with Crippen molar-refractivity contribution in [2.75, 3.05) is 26.5 Å². The van der Waals surface area contributed by atoms with Crippen molar-refractivity contribution in [3.63, 3.8) is 0 Å². The second-order valence-corrected chi connectivity index (χ2v) is 12.8. The molecule has 0 unspecified atom stereocenters. The van der Waals surface area contributed by atoms with Crippen LogP contribution in [0.1, 0.15) is 13.3 Å². The van der Waals surface area contributed by atoms with Crippen molar-refractivity contribution in [2.45, 2.75) is 39.0 Å². The smallest absolute Gasteiger partial charge is 0.310 e. The molecule has 6 nitrogen and oxygen atoms in total. The highest BCUT2D eigenvalue weighted by Crippen LogP contribution is 2.26. The number of nitrogens with zero attached hydrogens (tertiary/aromatic N) is 2. The third-order valence-electron chi connectivity index (χ3n) is 3.83. The van der Waals surface area contributed by atoms with Crippen LogP contribution in [-0.2, 0) is 19.1 Å². The monoisotopic (exact) mass is 350 g/mol. The van der Waals surface area contributed by atoms with Crippen LogP contribution in [0.15, 0.2) is 28.4 Å². The highest BCUT2D eigenvalue weighted by molar-refractivity contribution is 6.76. The number of ether oxygens (including phenoxy) is 2. The van der Waals surface area contributed by atoms with Gasteiger partial charge in [-0.1, -0.05) is 19.6 Å². The minimum atomic E-state index is -1.13. The first kappa shape index (κ1) is 18.6. The van der Waals surface area contributed by atoms with E-state index in [0.29, 0.717) is 37.9 Å². The highest BCUT2D eigenvalue weighted by Gasteiger charge is 2.34. The maximum atomic E-state index is 12.2. The summed E-state index contributed by atoms with van der Waals surface area (Å²) in [7, 11) is -1.13. The van der Waals surface area contributed by atoms with E-state index < -0.39 is 8.07 Å². The number of allylic oxidation sites excluding steroid dienone is 1. The lowest BCUT2D eigenvalue weighted by molar-refractivity contribution is -0.142. The number of ketones is 1. The SMILES string of the molecule is CCOC(=O)CC1=C2C(=O)C=CN=C2N(COCC[Si](C)(C)C)C1. The number of aliphatic imine (C=N–C) groups is 1. The van der Waals surface area contributed by atoms with Crippen LogP contribution >= 0.6 is 0 Å². The Balaban J connectivity index is 2.01. The van der Waals surface area contributed by atoms with Gasteiger partial charge in [0.1, 0.15) is 12.6 Å². The molecule has 0 atom stereocenters. The molecule has 0 spiro atoms. The molecule has 0 saturated carbocycles. The van der Waals surface area contributed by atoms with Gasteiger partial charge in [-0.3, -0.25) is 9.59 Å². The Labute approximate surface area is 144 Å². The summed E-state index contributed by atoms with van der Waals surface area (Å²) >= 11 is 0. The van der Waals surface area contributed by atoms with Gasteiger partial charge in [-0.25, -0.2) is 4.99 Å². The van der Waals surface area contributed by atoms with E-state index in [4.69, 9.17) is 9.47 Å². The van der Waals surface area contributed by atoms with Crippen molar-refractivity contribution in [3.05, 3.63) is 23.4 Å². The fraction of sp³-hybridized carbons (Fsp3) is 0.588. The second kappa shape index (κ2) is 7.89. The number of carbonyl (C=O) groups excluding carboxylic acids is 2. The minimum Gasteiger partial charge on any atom is -0.466 e. The Morgan fingerprint density at radius 2 is 2.12 bits per heavy atom. The zero-order chi connectivity index (χ0) is 17.7. The summed E-state index contributed by atoms with van der Waals surface area (Å²) < 4.78 is 10.8. The molecule has 0 aliphatic carbocycles. The molecule has 2 aliphatic heterocycles. The lowest BCUT2D eigenvalue weighted by Crippen LogP contribution is -2.33. The summed E-state index contributed by atoms with van der Waals surface area (Å²) in [6.07, 6.45) is 3.05. The van der Waals surface area contributed by atoms with Crippen LogP contribution in [0.3, 0.4) is 0 Å². The molecule has 0 N–H and O–H groups in total. The average Bonchev–Trinajstić information content (AvgIpc) is 2.82. The summed E-state index contributed by atoms with van der Waals surface area (Å²) in [5.41, 5.74) is 1.29. The van der Waals surface area contributed by atoms with E-state index >= 15 is 0 Å². The molecule has 0 radical (unpaired) electrons. The summed E-state index contributed by atoms with van der Waals surface area (Å²) in [5.74, 6) is 0.182. The van der Waals surface area contributed by atoms with Gasteiger partial charge in [0.15, 0.2) is 5.78 Å². The minimum absolute atomic E-state index is 0.108. The molecule has 2 rings (SSSR count). The van der Waals surface area contributed by atoms with Crippen LogP contribution in [0.4, 0.5) is 0 Å².